The summed E-state index contributed by atoms with van der Waals surface area (Å²) in [5.41, 5.74) is 2.30. The van der Waals surface area contributed by atoms with E-state index in [1.807, 2.05) is 49.4 Å². The minimum atomic E-state index is -0.408. The highest BCUT2D eigenvalue weighted by molar-refractivity contribution is 8.00. The number of hydrogen-bond donors (Lipinski definition) is 1. The summed E-state index contributed by atoms with van der Waals surface area (Å²) in [5.74, 6) is -0.127. The van der Waals surface area contributed by atoms with Gasteiger partial charge < -0.3 is 5.32 Å². The van der Waals surface area contributed by atoms with E-state index in [-0.39, 0.29) is 11.5 Å². The Labute approximate surface area is 162 Å². The van der Waals surface area contributed by atoms with Crippen LogP contribution in [0.3, 0.4) is 0 Å². The number of thioether (sulfide) groups is 1. The number of fused-ring (bicyclic) bond motifs is 1. The van der Waals surface area contributed by atoms with Crippen molar-refractivity contribution < 1.29 is 4.79 Å². The number of nitrogens with zero attached hydrogens (tertiary/aromatic N) is 2. The van der Waals surface area contributed by atoms with Crippen LogP contribution in [0.25, 0.3) is 16.6 Å². The maximum atomic E-state index is 13.2. The zero-order chi connectivity index (χ0) is 19.4. The fraction of sp³-hybridized carbons (Fsp3) is 0.190. The average molecular weight is 379 g/mol. The van der Waals surface area contributed by atoms with Crippen LogP contribution in [0.1, 0.15) is 12.5 Å². The summed E-state index contributed by atoms with van der Waals surface area (Å²) in [5, 5.41) is 3.41. The van der Waals surface area contributed by atoms with Crippen molar-refractivity contribution in [2.24, 2.45) is 0 Å². The Morgan fingerprint density at radius 1 is 1.26 bits per heavy atom. The quantitative estimate of drug-likeness (QED) is 0.405. The number of hydrogen-bond acceptors (Lipinski definition) is 4. The maximum Gasteiger partial charge on any atom is 0.266 e. The van der Waals surface area contributed by atoms with Gasteiger partial charge >= 0.3 is 0 Å². The first kappa shape index (κ1) is 18.9. The van der Waals surface area contributed by atoms with Crippen molar-refractivity contribution >= 4 is 28.6 Å². The van der Waals surface area contributed by atoms with Gasteiger partial charge in [0.2, 0.25) is 5.91 Å². The molecule has 138 valence electrons. The van der Waals surface area contributed by atoms with Gasteiger partial charge in [-0.15, -0.1) is 6.58 Å². The number of amides is 1. The van der Waals surface area contributed by atoms with E-state index in [0.717, 1.165) is 11.3 Å². The van der Waals surface area contributed by atoms with Gasteiger partial charge in [-0.05, 0) is 38.1 Å². The number of rotatable bonds is 6. The first-order valence-corrected chi connectivity index (χ1v) is 9.53. The Morgan fingerprint density at radius 3 is 2.67 bits per heavy atom. The van der Waals surface area contributed by atoms with Gasteiger partial charge in [0.15, 0.2) is 5.16 Å². The minimum Gasteiger partial charge on any atom is -0.352 e. The molecule has 3 rings (SSSR count). The van der Waals surface area contributed by atoms with E-state index in [2.05, 4.69) is 16.9 Å². The van der Waals surface area contributed by atoms with Crippen LogP contribution in [-0.2, 0) is 4.79 Å². The van der Waals surface area contributed by atoms with Crippen molar-refractivity contribution in [3.63, 3.8) is 0 Å². The number of carbonyl (C=O) groups excluding carboxylic acids is 1. The van der Waals surface area contributed by atoms with Gasteiger partial charge in [-0.1, -0.05) is 47.7 Å². The van der Waals surface area contributed by atoms with Crippen molar-refractivity contribution in [1.82, 2.24) is 14.9 Å². The summed E-state index contributed by atoms with van der Waals surface area (Å²) in [6.07, 6.45) is 1.63. The molecule has 1 unspecified atom stereocenters. The van der Waals surface area contributed by atoms with Gasteiger partial charge in [0.1, 0.15) is 0 Å². The molecule has 0 bridgehead atoms. The third-order valence-electron chi connectivity index (χ3n) is 4.11. The summed E-state index contributed by atoms with van der Waals surface area (Å²) in [6, 6.07) is 14.9. The van der Waals surface area contributed by atoms with Crippen molar-refractivity contribution in [3.8, 4) is 5.69 Å². The first-order chi connectivity index (χ1) is 13.0. The van der Waals surface area contributed by atoms with Crippen LogP contribution in [0.4, 0.5) is 0 Å². The summed E-state index contributed by atoms with van der Waals surface area (Å²) < 4.78 is 1.57. The molecule has 3 aromatic rings. The van der Waals surface area contributed by atoms with Gasteiger partial charge in [0.25, 0.3) is 5.56 Å². The topological polar surface area (TPSA) is 64.0 Å². The molecule has 1 N–H and O–H groups in total. The van der Waals surface area contributed by atoms with Crippen LogP contribution in [0, 0.1) is 6.92 Å². The Hall–Kier alpha value is -2.86. The molecule has 0 aliphatic heterocycles. The lowest BCUT2D eigenvalue weighted by Gasteiger charge is -2.16. The second-order valence-electron chi connectivity index (χ2n) is 6.18. The first-order valence-electron chi connectivity index (χ1n) is 8.65. The molecule has 6 heteroatoms. The van der Waals surface area contributed by atoms with Gasteiger partial charge in [-0.2, -0.15) is 0 Å². The molecule has 5 nitrogen and oxygen atoms in total. The number of benzene rings is 2. The molecular formula is C21H21N3O2S. The highest BCUT2D eigenvalue weighted by atomic mass is 32.2. The molecule has 0 fully saturated rings. The number of nitrogens with one attached hydrogen (secondary N) is 1. The maximum absolute atomic E-state index is 13.2. The Kier molecular flexibility index (Phi) is 5.76. The van der Waals surface area contributed by atoms with Crippen molar-refractivity contribution in [3.05, 3.63) is 77.1 Å². The number of carbonyl (C=O) groups is 1. The van der Waals surface area contributed by atoms with E-state index < -0.39 is 5.25 Å². The van der Waals surface area contributed by atoms with Crippen LogP contribution in [0.15, 0.2) is 71.1 Å². The molecule has 0 radical (unpaired) electrons. The Bertz CT molecular complexity index is 1040. The Morgan fingerprint density at radius 2 is 1.96 bits per heavy atom. The van der Waals surface area contributed by atoms with E-state index in [4.69, 9.17) is 0 Å². The van der Waals surface area contributed by atoms with Crippen LogP contribution >= 0.6 is 11.8 Å². The molecule has 1 atom stereocenters. The lowest BCUT2D eigenvalue weighted by molar-refractivity contribution is -0.120. The molecule has 0 spiro atoms. The third-order valence-corrected chi connectivity index (χ3v) is 5.16. The zero-order valence-electron chi connectivity index (χ0n) is 15.3. The molecule has 1 amide bonds. The summed E-state index contributed by atoms with van der Waals surface area (Å²) in [4.78, 5) is 30.1. The molecule has 27 heavy (non-hydrogen) atoms. The summed E-state index contributed by atoms with van der Waals surface area (Å²) in [6.45, 7) is 7.79. The largest absolute Gasteiger partial charge is 0.352 e. The van der Waals surface area contributed by atoms with Crippen molar-refractivity contribution in [2.75, 3.05) is 6.54 Å². The average Bonchev–Trinajstić information content (AvgIpc) is 2.67. The SMILES string of the molecule is C=CCNC(=O)C(C)Sc1nc2ccccc2c(=O)n1-c1ccc(C)cc1. The summed E-state index contributed by atoms with van der Waals surface area (Å²) in [7, 11) is 0. The predicted octanol–water partition coefficient (Wildman–Crippen LogP) is 3.48. The molecule has 0 aliphatic carbocycles. The van der Waals surface area contributed by atoms with E-state index >= 15 is 0 Å². The summed E-state index contributed by atoms with van der Waals surface area (Å²) >= 11 is 1.26. The normalized spacial score (nSPS) is 11.9. The zero-order valence-corrected chi connectivity index (χ0v) is 16.1. The standard InChI is InChI=1S/C21H21N3O2S/c1-4-13-22-19(25)15(3)27-21-23-18-8-6-5-7-17(18)20(26)24(21)16-11-9-14(2)10-12-16/h4-12,15H,1,13H2,2-3H3,(H,22,25). The molecule has 2 aromatic carbocycles. The number of para-hydroxylation sites is 1. The molecular weight excluding hydrogens is 358 g/mol. The Balaban J connectivity index is 2.11. The molecule has 1 heterocycles. The molecule has 0 saturated heterocycles. The van der Waals surface area contributed by atoms with Crippen LogP contribution in [0.2, 0.25) is 0 Å². The molecule has 1 aromatic heterocycles. The van der Waals surface area contributed by atoms with Crippen LogP contribution < -0.4 is 10.9 Å². The monoisotopic (exact) mass is 379 g/mol. The third kappa shape index (κ3) is 4.11. The van der Waals surface area contributed by atoms with Crippen LogP contribution in [-0.4, -0.2) is 27.3 Å². The lowest BCUT2D eigenvalue weighted by atomic mass is 10.2. The second-order valence-corrected chi connectivity index (χ2v) is 7.49. The second kappa shape index (κ2) is 8.22. The fourth-order valence-electron chi connectivity index (χ4n) is 2.64. The predicted molar refractivity (Wildman–Crippen MR) is 111 cm³/mol. The highest BCUT2D eigenvalue weighted by Gasteiger charge is 2.19. The van der Waals surface area contributed by atoms with Crippen molar-refractivity contribution in [2.45, 2.75) is 24.3 Å². The number of aromatic nitrogens is 2. The number of aryl methyl sites for hydroxylation is 1. The highest BCUT2D eigenvalue weighted by Crippen LogP contribution is 2.25. The molecule has 0 saturated carbocycles. The lowest BCUT2D eigenvalue weighted by Crippen LogP contribution is -2.32. The van der Waals surface area contributed by atoms with Gasteiger partial charge in [0, 0.05) is 6.54 Å². The smallest absolute Gasteiger partial charge is 0.266 e. The minimum absolute atomic E-state index is 0.127. The van der Waals surface area contributed by atoms with E-state index in [0.29, 0.717) is 22.6 Å². The molecule has 0 aliphatic rings. The van der Waals surface area contributed by atoms with Crippen molar-refractivity contribution in [1.29, 1.82) is 0 Å². The van der Waals surface area contributed by atoms with Gasteiger partial charge in [-0.25, -0.2) is 4.98 Å². The van der Waals surface area contributed by atoms with Gasteiger partial charge in [0.05, 0.1) is 21.8 Å². The van der Waals surface area contributed by atoms with Gasteiger partial charge in [-0.3, -0.25) is 14.2 Å². The van der Waals surface area contributed by atoms with E-state index in [1.165, 1.54) is 11.8 Å². The fourth-order valence-corrected chi connectivity index (χ4v) is 3.59. The van der Waals surface area contributed by atoms with E-state index in [1.54, 1.807) is 23.6 Å². The van der Waals surface area contributed by atoms with Crippen LogP contribution in [0.5, 0.6) is 0 Å². The van der Waals surface area contributed by atoms with E-state index in [9.17, 15) is 9.59 Å².